The van der Waals surface area contributed by atoms with Crippen molar-refractivity contribution in [2.45, 2.75) is 6.92 Å². The number of halogens is 1. The standard InChI is InChI=1S/C17H17BrO3/c1-12-7-8-13(11-15(12)18)17(19)14-5-3-4-6-16(14)21-10-9-20-2/h3-8,11H,9-10H2,1-2H3. The van der Waals surface area contributed by atoms with Crippen LogP contribution in [0.5, 0.6) is 5.75 Å². The smallest absolute Gasteiger partial charge is 0.196 e. The lowest BCUT2D eigenvalue weighted by Gasteiger charge is -2.11. The SMILES string of the molecule is COCCOc1ccccc1C(=O)c1ccc(C)c(Br)c1. The van der Waals surface area contributed by atoms with E-state index in [2.05, 4.69) is 15.9 Å². The van der Waals surface area contributed by atoms with Crippen molar-refractivity contribution in [1.82, 2.24) is 0 Å². The first-order valence-corrected chi connectivity index (χ1v) is 7.44. The molecule has 3 nitrogen and oxygen atoms in total. The molecule has 2 rings (SSSR count). The number of ketones is 1. The van der Waals surface area contributed by atoms with Crippen LogP contribution in [0.4, 0.5) is 0 Å². The molecule has 110 valence electrons. The highest BCUT2D eigenvalue weighted by atomic mass is 79.9. The number of para-hydroxylation sites is 1. The van der Waals surface area contributed by atoms with Gasteiger partial charge in [0.1, 0.15) is 12.4 Å². The number of methoxy groups -OCH3 is 1. The molecule has 21 heavy (non-hydrogen) atoms. The fourth-order valence-corrected chi connectivity index (χ4v) is 2.28. The van der Waals surface area contributed by atoms with Crippen LogP contribution in [0.2, 0.25) is 0 Å². The number of hydrogen-bond acceptors (Lipinski definition) is 3. The van der Waals surface area contributed by atoms with Gasteiger partial charge in [-0.15, -0.1) is 0 Å². The van der Waals surface area contributed by atoms with E-state index in [0.29, 0.717) is 30.1 Å². The third kappa shape index (κ3) is 3.93. The van der Waals surface area contributed by atoms with Gasteiger partial charge < -0.3 is 9.47 Å². The maximum atomic E-state index is 12.6. The number of hydrogen-bond donors (Lipinski definition) is 0. The minimum atomic E-state index is -0.0521. The first-order valence-electron chi connectivity index (χ1n) is 6.65. The molecule has 0 fully saturated rings. The fraction of sp³-hybridized carbons (Fsp3) is 0.235. The van der Waals surface area contributed by atoms with Crippen LogP contribution >= 0.6 is 15.9 Å². The molecule has 0 N–H and O–H groups in total. The summed E-state index contributed by atoms with van der Waals surface area (Å²) in [4.78, 5) is 12.6. The zero-order chi connectivity index (χ0) is 15.2. The monoisotopic (exact) mass is 348 g/mol. The van der Waals surface area contributed by atoms with Crippen LogP contribution in [0.1, 0.15) is 21.5 Å². The Balaban J connectivity index is 2.27. The third-order valence-electron chi connectivity index (χ3n) is 3.11. The summed E-state index contributed by atoms with van der Waals surface area (Å²) in [5.41, 5.74) is 2.29. The zero-order valence-electron chi connectivity index (χ0n) is 12.1. The number of carbonyl (C=O) groups excluding carboxylic acids is 1. The molecular weight excluding hydrogens is 332 g/mol. The van der Waals surface area contributed by atoms with Crippen LogP contribution < -0.4 is 4.74 Å². The molecule has 0 saturated carbocycles. The van der Waals surface area contributed by atoms with E-state index in [1.165, 1.54) is 0 Å². The van der Waals surface area contributed by atoms with Crippen LogP contribution in [0.3, 0.4) is 0 Å². The van der Waals surface area contributed by atoms with Gasteiger partial charge in [-0.2, -0.15) is 0 Å². The molecule has 0 aromatic heterocycles. The zero-order valence-corrected chi connectivity index (χ0v) is 13.6. The third-order valence-corrected chi connectivity index (χ3v) is 3.97. The van der Waals surface area contributed by atoms with E-state index in [4.69, 9.17) is 9.47 Å². The summed E-state index contributed by atoms with van der Waals surface area (Å²) in [7, 11) is 1.62. The summed E-state index contributed by atoms with van der Waals surface area (Å²) < 4.78 is 11.5. The highest BCUT2D eigenvalue weighted by Gasteiger charge is 2.15. The topological polar surface area (TPSA) is 35.5 Å². The Morgan fingerprint density at radius 3 is 2.62 bits per heavy atom. The van der Waals surface area contributed by atoms with Crippen LogP contribution in [-0.4, -0.2) is 26.1 Å². The van der Waals surface area contributed by atoms with E-state index < -0.39 is 0 Å². The van der Waals surface area contributed by atoms with E-state index in [1.54, 1.807) is 19.2 Å². The summed E-state index contributed by atoms with van der Waals surface area (Å²) >= 11 is 3.46. The van der Waals surface area contributed by atoms with Crippen LogP contribution in [0, 0.1) is 6.92 Å². The summed E-state index contributed by atoms with van der Waals surface area (Å²) in [6.07, 6.45) is 0. The maximum Gasteiger partial charge on any atom is 0.196 e. The summed E-state index contributed by atoms with van der Waals surface area (Å²) in [5, 5.41) is 0. The average Bonchev–Trinajstić information content (AvgIpc) is 2.50. The van der Waals surface area contributed by atoms with E-state index in [-0.39, 0.29) is 5.78 Å². The summed E-state index contributed by atoms with van der Waals surface area (Å²) in [6, 6.07) is 12.8. The van der Waals surface area contributed by atoms with Gasteiger partial charge in [-0.05, 0) is 30.7 Å². The second kappa shape index (κ2) is 7.38. The van der Waals surface area contributed by atoms with Gasteiger partial charge in [0.05, 0.1) is 12.2 Å². The molecule has 0 radical (unpaired) electrons. The minimum Gasteiger partial charge on any atom is -0.490 e. The number of aryl methyl sites for hydroxylation is 1. The Hall–Kier alpha value is -1.65. The average molecular weight is 349 g/mol. The molecule has 0 saturated heterocycles. The molecule has 0 unspecified atom stereocenters. The first kappa shape index (κ1) is 15.7. The lowest BCUT2D eigenvalue weighted by atomic mass is 10.0. The van der Waals surface area contributed by atoms with Gasteiger partial charge in [0.15, 0.2) is 5.78 Å². The molecule has 0 aliphatic rings. The molecule has 0 spiro atoms. The molecule has 0 amide bonds. The predicted molar refractivity (Wildman–Crippen MR) is 86.1 cm³/mol. The van der Waals surface area contributed by atoms with Crippen molar-refractivity contribution in [3.63, 3.8) is 0 Å². The van der Waals surface area contributed by atoms with Gasteiger partial charge in [-0.25, -0.2) is 0 Å². The molecule has 2 aromatic rings. The van der Waals surface area contributed by atoms with Crippen molar-refractivity contribution >= 4 is 21.7 Å². The quantitative estimate of drug-likeness (QED) is 0.584. The van der Waals surface area contributed by atoms with Crippen molar-refractivity contribution in [2.75, 3.05) is 20.3 Å². The van der Waals surface area contributed by atoms with Crippen LogP contribution in [0.25, 0.3) is 0 Å². The first-order chi connectivity index (χ1) is 10.1. The van der Waals surface area contributed by atoms with E-state index >= 15 is 0 Å². The number of ether oxygens (including phenoxy) is 2. The molecular formula is C17H17BrO3. The Morgan fingerprint density at radius 2 is 1.90 bits per heavy atom. The van der Waals surface area contributed by atoms with Crippen molar-refractivity contribution < 1.29 is 14.3 Å². The van der Waals surface area contributed by atoms with Gasteiger partial charge in [0, 0.05) is 17.1 Å². The van der Waals surface area contributed by atoms with Gasteiger partial charge in [-0.3, -0.25) is 4.79 Å². The molecule has 0 bridgehead atoms. The molecule has 2 aromatic carbocycles. The number of carbonyl (C=O) groups is 1. The van der Waals surface area contributed by atoms with Crippen molar-refractivity contribution in [3.8, 4) is 5.75 Å². The van der Waals surface area contributed by atoms with Crippen molar-refractivity contribution in [2.24, 2.45) is 0 Å². The second-order valence-electron chi connectivity index (χ2n) is 4.63. The highest BCUT2D eigenvalue weighted by molar-refractivity contribution is 9.10. The Bertz CT molecular complexity index is 638. The van der Waals surface area contributed by atoms with Gasteiger partial charge >= 0.3 is 0 Å². The second-order valence-corrected chi connectivity index (χ2v) is 5.48. The largest absolute Gasteiger partial charge is 0.490 e. The predicted octanol–water partition coefficient (Wildman–Crippen LogP) is 4.01. The van der Waals surface area contributed by atoms with Gasteiger partial charge in [-0.1, -0.05) is 40.2 Å². The van der Waals surface area contributed by atoms with E-state index in [1.807, 2.05) is 37.3 Å². The summed E-state index contributed by atoms with van der Waals surface area (Å²) in [6.45, 7) is 2.89. The molecule has 0 aliphatic carbocycles. The summed E-state index contributed by atoms with van der Waals surface area (Å²) in [5.74, 6) is 0.528. The van der Waals surface area contributed by atoms with Crippen LogP contribution in [0.15, 0.2) is 46.9 Å². The van der Waals surface area contributed by atoms with Gasteiger partial charge in [0.25, 0.3) is 0 Å². The lowest BCUT2D eigenvalue weighted by Crippen LogP contribution is -2.09. The van der Waals surface area contributed by atoms with E-state index in [9.17, 15) is 4.79 Å². The maximum absolute atomic E-state index is 12.6. The molecule has 0 aliphatic heterocycles. The normalized spacial score (nSPS) is 10.4. The minimum absolute atomic E-state index is 0.0521. The number of benzene rings is 2. The van der Waals surface area contributed by atoms with E-state index in [0.717, 1.165) is 10.0 Å². The lowest BCUT2D eigenvalue weighted by molar-refractivity contribution is 0.103. The fourth-order valence-electron chi connectivity index (χ4n) is 1.90. The molecule has 0 atom stereocenters. The highest BCUT2D eigenvalue weighted by Crippen LogP contribution is 2.24. The molecule has 0 heterocycles. The number of rotatable bonds is 6. The Morgan fingerprint density at radius 1 is 1.14 bits per heavy atom. The van der Waals surface area contributed by atoms with Crippen molar-refractivity contribution in [3.05, 3.63) is 63.6 Å². The van der Waals surface area contributed by atoms with Crippen molar-refractivity contribution in [1.29, 1.82) is 0 Å². The van der Waals surface area contributed by atoms with Gasteiger partial charge in [0.2, 0.25) is 0 Å². The molecule has 4 heteroatoms. The Kier molecular flexibility index (Phi) is 5.53. The van der Waals surface area contributed by atoms with Crippen LogP contribution in [-0.2, 0) is 4.74 Å². The Labute approximate surface area is 133 Å².